The van der Waals surface area contributed by atoms with Crippen LogP contribution in [-0.2, 0) is 4.79 Å². The summed E-state index contributed by atoms with van der Waals surface area (Å²) in [6, 6.07) is 13.9. The number of carbonyl (C=O) groups is 2. The number of carbonyl (C=O) groups excluding carboxylic acids is 2. The van der Waals surface area contributed by atoms with Crippen molar-refractivity contribution in [3.05, 3.63) is 59.1 Å². The van der Waals surface area contributed by atoms with E-state index in [9.17, 15) is 9.59 Å². The maximum absolute atomic E-state index is 12.4. The first kappa shape index (κ1) is 17.8. The number of halogens is 1. The van der Waals surface area contributed by atoms with Gasteiger partial charge in [0.2, 0.25) is 5.91 Å². The third kappa shape index (κ3) is 5.28. The molecule has 24 heavy (non-hydrogen) atoms. The lowest BCUT2D eigenvalue weighted by Gasteiger charge is -2.18. The summed E-state index contributed by atoms with van der Waals surface area (Å²) in [4.78, 5) is 25.1. The standard InChI is InChI=1S/C18H19ClN2O3/c1-13(22)20-16-7-3-5-14(11-16)18(23)21(2)9-10-24-17-8-4-6-15(19)12-17/h3-8,11-12H,9-10H2,1-2H3,(H,20,22). The van der Waals surface area contributed by atoms with Crippen LogP contribution in [0.1, 0.15) is 17.3 Å². The van der Waals surface area contributed by atoms with Gasteiger partial charge in [-0.25, -0.2) is 0 Å². The predicted octanol–water partition coefficient (Wildman–Crippen LogP) is 3.45. The SMILES string of the molecule is CC(=O)Nc1cccc(C(=O)N(C)CCOc2cccc(Cl)c2)c1. The van der Waals surface area contributed by atoms with Gasteiger partial charge in [-0.2, -0.15) is 0 Å². The summed E-state index contributed by atoms with van der Waals surface area (Å²) in [5, 5.41) is 3.27. The molecule has 0 bridgehead atoms. The van der Waals surface area contributed by atoms with Gasteiger partial charge in [-0.05, 0) is 36.4 Å². The number of nitrogens with one attached hydrogen (secondary N) is 1. The van der Waals surface area contributed by atoms with Crippen molar-refractivity contribution in [2.45, 2.75) is 6.92 Å². The highest BCUT2D eigenvalue weighted by molar-refractivity contribution is 6.30. The van der Waals surface area contributed by atoms with Gasteiger partial charge < -0.3 is 15.0 Å². The Balaban J connectivity index is 1.91. The number of likely N-dealkylation sites (N-methyl/N-ethyl adjacent to an activating group) is 1. The smallest absolute Gasteiger partial charge is 0.253 e. The molecule has 2 rings (SSSR count). The highest BCUT2D eigenvalue weighted by Crippen LogP contribution is 2.17. The van der Waals surface area contributed by atoms with Crippen LogP contribution in [0.25, 0.3) is 0 Å². The van der Waals surface area contributed by atoms with E-state index in [0.29, 0.717) is 35.2 Å². The van der Waals surface area contributed by atoms with Crippen molar-refractivity contribution in [1.82, 2.24) is 4.90 Å². The molecule has 0 fully saturated rings. The number of hydrogen-bond donors (Lipinski definition) is 1. The van der Waals surface area contributed by atoms with Crippen molar-refractivity contribution < 1.29 is 14.3 Å². The number of benzene rings is 2. The monoisotopic (exact) mass is 346 g/mol. The van der Waals surface area contributed by atoms with Crippen molar-refractivity contribution >= 4 is 29.1 Å². The third-order valence-corrected chi connectivity index (χ3v) is 3.50. The van der Waals surface area contributed by atoms with Crippen LogP contribution in [-0.4, -0.2) is 36.9 Å². The molecule has 0 unspecified atom stereocenters. The van der Waals surface area contributed by atoms with Crippen molar-refractivity contribution in [3.63, 3.8) is 0 Å². The minimum Gasteiger partial charge on any atom is -0.492 e. The summed E-state index contributed by atoms with van der Waals surface area (Å²) in [6.45, 7) is 2.21. The molecule has 0 saturated carbocycles. The largest absolute Gasteiger partial charge is 0.492 e. The minimum atomic E-state index is -0.178. The quantitative estimate of drug-likeness (QED) is 0.871. The first-order chi connectivity index (χ1) is 11.5. The van der Waals surface area contributed by atoms with Gasteiger partial charge >= 0.3 is 0 Å². The fourth-order valence-electron chi connectivity index (χ4n) is 2.11. The maximum atomic E-state index is 12.4. The van der Waals surface area contributed by atoms with Gasteiger partial charge in [0.25, 0.3) is 5.91 Å². The Morgan fingerprint density at radius 3 is 2.62 bits per heavy atom. The molecule has 0 radical (unpaired) electrons. The Bertz CT molecular complexity index is 734. The fourth-order valence-corrected chi connectivity index (χ4v) is 2.29. The number of hydrogen-bond acceptors (Lipinski definition) is 3. The van der Waals surface area contributed by atoms with Crippen LogP contribution in [0.4, 0.5) is 5.69 Å². The molecule has 0 aliphatic rings. The summed E-state index contributed by atoms with van der Waals surface area (Å²) < 4.78 is 5.58. The summed E-state index contributed by atoms with van der Waals surface area (Å²) in [6.07, 6.45) is 0. The zero-order valence-electron chi connectivity index (χ0n) is 13.6. The van der Waals surface area contributed by atoms with Crippen molar-refractivity contribution in [3.8, 4) is 5.75 Å². The molecule has 126 valence electrons. The Labute approximate surface area is 146 Å². The average Bonchev–Trinajstić information content (AvgIpc) is 2.53. The topological polar surface area (TPSA) is 58.6 Å². The van der Waals surface area contributed by atoms with E-state index < -0.39 is 0 Å². The molecular weight excluding hydrogens is 328 g/mol. The molecule has 0 aliphatic heterocycles. The van der Waals surface area contributed by atoms with Crippen LogP contribution in [0.3, 0.4) is 0 Å². The van der Waals surface area contributed by atoms with Crippen LogP contribution in [0.2, 0.25) is 5.02 Å². The van der Waals surface area contributed by atoms with Crippen LogP contribution in [0.5, 0.6) is 5.75 Å². The van der Waals surface area contributed by atoms with E-state index in [1.54, 1.807) is 54.4 Å². The molecule has 1 N–H and O–H groups in total. The van der Waals surface area contributed by atoms with Gasteiger partial charge in [-0.15, -0.1) is 0 Å². The van der Waals surface area contributed by atoms with Gasteiger partial charge in [0, 0.05) is 30.2 Å². The zero-order valence-corrected chi connectivity index (χ0v) is 14.3. The second kappa shape index (κ2) is 8.36. The number of anilines is 1. The van der Waals surface area contributed by atoms with E-state index in [-0.39, 0.29) is 11.8 Å². The number of ether oxygens (including phenoxy) is 1. The Kier molecular flexibility index (Phi) is 6.21. The van der Waals surface area contributed by atoms with Crippen molar-refractivity contribution in [2.24, 2.45) is 0 Å². The highest BCUT2D eigenvalue weighted by Gasteiger charge is 2.12. The molecule has 0 heterocycles. The predicted molar refractivity (Wildman–Crippen MR) is 94.7 cm³/mol. The third-order valence-electron chi connectivity index (χ3n) is 3.27. The van der Waals surface area contributed by atoms with Gasteiger partial charge in [-0.3, -0.25) is 9.59 Å². The Morgan fingerprint density at radius 1 is 1.17 bits per heavy atom. The molecule has 2 amide bonds. The Morgan fingerprint density at radius 2 is 1.92 bits per heavy atom. The van der Waals surface area contributed by atoms with Crippen LogP contribution < -0.4 is 10.1 Å². The van der Waals surface area contributed by atoms with Gasteiger partial charge in [0.05, 0.1) is 6.54 Å². The molecule has 2 aromatic rings. The van der Waals surface area contributed by atoms with Crippen molar-refractivity contribution in [1.29, 1.82) is 0 Å². The Hall–Kier alpha value is -2.53. The van der Waals surface area contributed by atoms with E-state index in [1.165, 1.54) is 6.92 Å². The maximum Gasteiger partial charge on any atom is 0.253 e. The molecule has 0 saturated heterocycles. The molecule has 0 spiro atoms. The fraction of sp³-hybridized carbons (Fsp3) is 0.222. The molecule has 0 aliphatic carbocycles. The highest BCUT2D eigenvalue weighted by atomic mass is 35.5. The van der Waals surface area contributed by atoms with Crippen LogP contribution in [0, 0.1) is 0 Å². The van der Waals surface area contributed by atoms with E-state index in [0.717, 1.165) is 0 Å². The van der Waals surface area contributed by atoms with Gasteiger partial charge in [0.15, 0.2) is 0 Å². The second-order valence-electron chi connectivity index (χ2n) is 5.29. The van der Waals surface area contributed by atoms with E-state index >= 15 is 0 Å². The lowest BCUT2D eigenvalue weighted by Crippen LogP contribution is -2.30. The summed E-state index contributed by atoms with van der Waals surface area (Å²) in [5.41, 5.74) is 1.10. The summed E-state index contributed by atoms with van der Waals surface area (Å²) >= 11 is 5.89. The molecule has 6 heteroatoms. The normalized spacial score (nSPS) is 10.1. The number of rotatable bonds is 6. The molecule has 0 atom stereocenters. The van der Waals surface area contributed by atoms with E-state index in [1.807, 2.05) is 6.07 Å². The van der Waals surface area contributed by atoms with Gasteiger partial charge in [0.1, 0.15) is 12.4 Å². The number of nitrogens with zero attached hydrogens (tertiary/aromatic N) is 1. The minimum absolute atomic E-state index is 0.142. The first-order valence-corrected chi connectivity index (χ1v) is 7.85. The lowest BCUT2D eigenvalue weighted by atomic mass is 10.1. The molecule has 5 nitrogen and oxygen atoms in total. The van der Waals surface area contributed by atoms with Crippen molar-refractivity contribution in [2.75, 3.05) is 25.5 Å². The van der Waals surface area contributed by atoms with E-state index in [2.05, 4.69) is 5.32 Å². The molecular formula is C18H19ClN2O3. The molecule has 0 aromatic heterocycles. The van der Waals surface area contributed by atoms with Crippen LogP contribution in [0.15, 0.2) is 48.5 Å². The average molecular weight is 347 g/mol. The van der Waals surface area contributed by atoms with E-state index in [4.69, 9.17) is 16.3 Å². The molecule has 2 aromatic carbocycles. The first-order valence-electron chi connectivity index (χ1n) is 7.47. The van der Waals surface area contributed by atoms with Crippen LogP contribution >= 0.6 is 11.6 Å². The number of amides is 2. The summed E-state index contributed by atoms with van der Waals surface area (Å²) in [7, 11) is 1.70. The summed E-state index contributed by atoms with van der Waals surface area (Å²) in [5.74, 6) is 0.343. The second-order valence-corrected chi connectivity index (χ2v) is 5.73. The lowest BCUT2D eigenvalue weighted by molar-refractivity contribution is -0.114. The zero-order chi connectivity index (χ0) is 17.5. The van der Waals surface area contributed by atoms with Gasteiger partial charge in [-0.1, -0.05) is 23.7 Å².